The van der Waals surface area contributed by atoms with Crippen molar-refractivity contribution in [2.75, 3.05) is 32.6 Å². The number of nitrogens with one attached hydrogen (secondary N) is 1. The van der Waals surface area contributed by atoms with E-state index in [1.54, 1.807) is 32.4 Å². The molecule has 1 saturated carbocycles. The Morgan fingerprint density at radius 1 is 1.04 bits per heavy atom. The average molecular weight is 362 g/mol. The Morgan fingerprint density at radius 2 is 1.65 bits per heavy atom. The predicted molar refractivity (Wildman–Crippen MR) is 102 cm³/mol. The van der Waals surface area contributed by atoms with Crippen LogP contribution in [0.5, 0.6) is 11.5 Å². The summed E-state index contributed by atoms with van der Waals surface area (Å²) in [7, 11) is 3.15. The predicted octanol–water partition coefficient (Wildman–Crippen LogP) is 3.32. The normalized spacial score (nSPS) is 19.5. The first-order valence-electron chi connectivity index (χ1n) is 9.35. The molecule has 144 valence electrons. The molecule has 1 aliphatic rings. The molecule has 0 heterocycles. The molecule has 0 saturated heterocycles. The summed E-state index contributed by atoms with van der Waals surface area (Å²) in [5.74, 6) is 1.45. The second kappa shape index (κ2) is 9.46. The Labute approximate surface area is 155 Å². The number of carbonyl (C=O) groups is 2. The van der Waals surface area contributed by atoms with Gasteiger partial charge in [0.15, 0.2) is 0 Å². The minimum absolute atomic E-state index is 0.0118. The highest BCUT2D eigenvalue weighted by Gasteiger charge is 2.31. The minimum atomic E-state index is -0.0671. The Hall–Kier alpha value is -2.24. The fraction of sp³-hybridized carbons (Fsp3) is 0.600. The van der Waals surface area contributed by atoms with Crippen LogP contribution in [-0.2, 0) is 9.59 Å². The molecule has 0 atom stereocenters. The summed E-state index contributed by atoms with van der Waals surface area (Å²) in [6.45, 7) is 5.49. The van der Waals surface area contributed by atoms with Gasteiger partial charge in [-0.15, -0.1) is 0 Å². The fourth-order valence-electron chi connectivity index (χ4n) is 3.53. The number of rotatable bonds is 7. The van der Waals surface area contributed by atoms with Crippen LogP contribution >= 0.6 is 0 Å². The van der Waals surface area contributed by atoms with Gasteiger partial charge in [0.2, 0.25) is 11.8 Å². The first-order valence-corrected chi connectivity index (χ1v) is 9.35. The molecular formula is C20H30N2O4. The number of carbonyl (C=O) groups excluding carboxylic acids is 2. The van der Waals surface area contributed by atoms with Crippen molar-refractivity contribution in [1.82, 2.24) is 4.90 Å². The molecule has 26 heavy (non-hydrogen) atoms. The molecular weight excluding hydrogens is 332 g/mol. The average Bonchev–Trinajstić information content (AvgIpc) is 2.69. The largest absolute Gasteiger partial charge is 0.497 e. The first-order chi connectivity index (χ1) is 12.5. The number of nitrogens with zero attached hydrogens (tertiary/aromatic N) is 1. The highest BCUT2D eigenvalue weighted by molar-refractivity contribution is 5.94. The number of ether oxygens (including phenoxy) is 2. The van der Waals surface area contributed by atoms with Crippen LogP contribution in [0.2, 0.25) is 0 Å². The van der Waals surface area contributed by atoms with Crippen molar-refractivity contribution in [2.45, 2.75) is 39.5 Å². The molecule has 6 nitrogen and oxygen atoms in total. The Morgan fingerprint density at radius 3 is 2.19 bits per heavy atom. The smallest absolute Gasteiger partial charge is 0.227 e. The van der Waals surface area contributed by atoms with Gasteiger partial charge in [-0.2, -0.15) is 0 Å². The molecule has 1 fully saturated rings. The van der Waals surface area contributed by atoms with Crippen LogP contribution in [0.3, 0.4) is 0 Å². The number of methoxy groups -OCH3 is 2. The van der Waals surface area contributed by atoms with Crippen LogP contribution in [0, 0.1) is 11.8 Å². The van der Waals surface area contributed by atoms with Crippen molar-refractivity contribution in [3.8, 4) is 11.5 Å². The van der Waals surface area contributed by atoms with Gasteiger partial charge < -0.3 is 19.7 Å². The molecule has 0 bridgehead atoms. The van der Waals surface area contributed by atoms with Gasteiger partial charge in [-0.05, 0) is 51.7 Å². The monoisotopic (exact) mass is 362 g/mol. The molecule has 1 N–H and O–H groups in total. The fourth-order valence-corrected chi connectivity index (χ4v) is 3.53. The third-order valence-corrected chi connectivity index (χ3v) is 5.19. The van der Waals surface area contributed by atoms with Gasteiger partial charge in [0.05, 0.1) is 19.9 Å². The van der Waals surface area contributed by atoms with Gasteiger partial charge in [-0.3, -0.25) is 9.59 Å². The summed E-state index contributed by atoms with van der Waals surface area (Å²) in [4.78, 5) is 27.0. The second-order valence-corrected chi connectivity index (χ2v) is 6.61. The molecule has 6 heteroatoms. The quantitative estimate of drug-likeness (QED) is 0.808. The third kappa shape index (κ3) is 4.68. The number of amides is 2. The lowest BCUT2D eigenvalue weighted by molar-refractivity contribution is -0.137. The van der Waals surface area contributed by atoms with Gasteiger partial charge in [0.25, 0.3) is 0 Å². The van der Waals surface area contributed by atoms with Crippen molar-refractivity contribution in [2.24, 2.45) is 11.8 Å². The zero-order valence-electron chi connectivity index (χ0n) is 16.2. The second-order valence-electron chi connectivity index (χ2n) is 6.61. The lowest BCUT2D eigenvalue weighted by Gasteiger charge is -2.30. The lowest BCUT2D eigenvalue weighted by atomic mass is 9.81. The molecule has 0 unspecified atom stereocenters. The van der Waals surface area contributed by atoms with Gasteiger partial charge in [-0.25, -0.2) is 0 Å². The lowest BCUT2D eigenvalue weighted by Crippen LogP contribution is -2.38. The summed E-state index contributed by atoms with van der Waals surface area (Å²) in [5, 5.41) is 2.96. The molecule has 1 aromatic carbocycles. The van der Waals surface area contributed by atoms with Crippen LogP contribution in [0.4, 0.5) is 5.69 Å². The van der Waals surface area contributed by atoms with Crippen molar-refractivity contribution < 1.29 is 19.1 Å². The van der Waals surface area contributed by atoms with E-state index in [0.29, 0.717) is 17.2 Å². The van der Waals surface area contributed by atoms with Gasteiger partial charge in [0, 0.05) is 31.0 Å². The van der Waals surface area contributed by atoms with E-state index < -0.39 is 0 Å². The van der Waals surface area contributed by atoms with Crippen molar-refractivity contribution in [3.63, 3.8) is 0 Å². The van der Waals surface area contributed by atoms with Crippen molar-refractivity contribution in [1.29, 1.82) is 0 Å². The Bertz CT molecular complexity index is 620. The number of hydrogen-bond acceptors (Lipinski definition) is 4. The summed E-state index contributed by atoms with van der Waals surface area (Å²) < 4.78 is 10.5. The van der Waals surface area contributed by atoms with Crippen LogP contribution < -0.4 is 14.8 Å². The van der Waals surface area contributed by atoms with Crippen LogP contribution in [0.1, 0.15) is 39.5 Å². The number of benzene rings is 1. The van der Waals surface area contributed by atoms with E-state index in [1.807, 2.05) is 18.7 Å². The Kier molecular flexibility index (Phi) is 7.30. The van der Waals surface area contributed by atoms with Crippen molar-refractivity contribution >= 4 is 17.5 Å². The van der Waals surface area contributed by atoms with E-state index in [4.69, 9.17) is 9.47 Å². The van der Waals surface area contributed by atoms with Crippen LogP contribution in [-0.4, -0.2) is 44.0 Å². The number of anilines is 1. The zero-order chi connectivity index (χ0) is 19.1. The first kappa shape index (κ1) is 20.1. The topological polar surface area (TPSA) is 67.9 Å². The van der Waals surface area contributed by atoms with E-state index in [-0.39, 0.29) is 23.7 Å². The summed E-state index contributed by atoms with van der Waals surface area (Å²) in [5.41, 5.74) is 0.639. The van der Waals surface area contributed by atoms with E-state index in [0.717, 1.165) is 38.8 Å². The Balaban J connectivity index is 1.94. The SMILES string of the molecule is CCN(CC)C(=O)C1CCC(C(=O)Nc2ccc(OC)cc2OC)CC1. The number of hydrogen-bond donors (Lipinski definition) is 1. The maximum Gasteiger partial charge on any atom is 0.227 e. The van der Waals surface area contributed by atoms with Crippen LogP contribution in [0.25, 0.3) is 0 Å². The maximum absolute atomic E-state index is 12.6. The van der Waals surface area contributed by atoms with Crippen LogP contribution in [0.15, 0.2) is 18.2 Å². The molecule has 2 amide bonds. The molecule has 0 aliphatic heterocycles. The maximum atomic E-state index is 12.6. The van der Waals surface area contributed by atoms with E-state index in [9.17, 15) is 9.59 Å². The summed E-state index contributed by atoms with van der Waals surface area (Å²) >= 11 is 0. The van der Waals surface area contributed by atoms with Gasteiger partial charge >= 0.3 is 0 Å². The highest BCUT2D eigenvalue weighted by atomic mass is 16.5. The van der Waals surface area contributed by atoms with E-state index in [2.05, 4.69) is 5.32 Å². The molecule has 0 spiro atoms. The molecule has 1 aromatic rings. The van der Waals surface area contributed by atoms with Crippen molar-refractivity contribution in [3.05, 3.63) is 18.2 Å². The molecule has 1 aliphatic carbocycles. The molecule has 2 rings (SSSR count). The summed E-state index contributed by atoms with van der Waals surface area (Å²) in [6, 6.07) is 5.32. The van der Waals surface area contributed by atoms with E-state index in [1.165, 1.54) is 0 Å². The van der Waals surface area contributed by atoms with Gasteiger partial charge in [0.1, 0.15) is 11.5 Å². The van der Waals surface area contributed by atoms with E-state index >= 15 is 0 Å². The minimum Gasteiger partial charge on any atom is -0.497 e. The summed E-state index contributed by atoms with van der Waals surface area (Å²) in [6.07, 6.45) is 3.02. The van der Waals surface area contributed by atoms with Gasteiger partial charge in [-0.1, -0.05) is 0 Å². The third-order valence-electron chi connectivity index (χ3n) is 5.19. The standard InChI is InChI=1S/C20H30N2O4/c1-5-22(6-2)20(24)15-9-7-14(8-10-15)19(23)21-17-12-11-16(25-3)13-18(17)26-4/h11-15H,5-10H2,1-4H3,(H,21,23). The zero-order valence-corrected chi connectivity index (χ0v) is 16.2. The molecule has 0 radical (unpaired) electrons. The molecule has 0 aromatic heterocycles. The highest BCUT2D eigenvalue weighted by Crippen LogP contribution is 2.33.